The molecule has 0 N–H and O–H groups in total. The summed E-state index contributed by atoms with van der Waals surface area (Å²) in [6, 6.07) is 29.2. The largest absolute Gasteiger partial charge is 0.292 e. The van der Waals surface area contributed by atoms with Gasteiger partial charge < -0.3 is 0 Å². The third-order valence-electron chi connectivity index (χ3n) is 4.94. The Bertz CT molecular complexity index is 974. The van der Waals surface area contributed by atoms with E-state index in [0.29, 0.717) is 12.1 Å². The lowest BCUT2D eigenvalue weighted by Gasteiger charge is -2.32. The van der Waals surface area contributed by atoms with Crippen LogP contribution in [0, 0.1) is 0 Å². The maximum atomic E-state index is 13.8. The van der Waals surface area contributed by atoms with Crippen molar-refractivity contribution in [3.63, 3.8) is 0 Å². The highest BCUT2D eigenvalue weighted by Gasteiger charge is 2.50. The zero-order valence-electron chi connectivity index (χ0n) is 14.4. The number of hydrogen-bond donors (Lipinski definition) is 0. The van der Waals surface area contributed by atoms with E-state index in [2.05, 4.69) is 6.58 Å². The molecule has 4 rings (SSSR count). The fraction of sp³-hybridized carbons (Fsp3) is 0.0833. The topological polar surface area (TPSA) is 29.4 Å². The highest BCUT2D eigenvalue weighted by Crippen LogP contribution is 2.42. The predicted octanol–water partition coefficient (Wildman–Crippen LogP) is 4.87. The van der Waals surface area contributed by atoms with Crippen LogP contribution in [-0.4, -0.2) is 18.0 Å². The number of aliphatic imine (C=N–C) groups is 1. The van der Waals surface area contributed by atoms with Crippen LogP contribution in [0.1, 0.15) is 21.5 Å². The van der Waals surface area contributed by atoms with E-state index in [4.69, 9.17) is 4.99 Å². The first-order chi connectivity index (χ1) is 12.7. The number of nitrogens with zero attached hydrogens (tertiary/aromatic N) is 1. The van der Waals surface area contributed by atoms with Gasteiger partial charge in [-0.3, -0.25) is 9.79 Å². The number of rotatable bonds is 4. The molecule has 0 bridgehead atoms. The molecule has 3 aromatic carbocycles. The summed E-state index contributed by atoms with van der Waals surface area (Å²) in [5.74, 6) is 0.0226. The molecule has 2 nitrogen and oxygen atoms in total. The molecule has 3 aromatic rings. The van der Waals surface area contributed by atoms with Crippen LogP contribution in [0.2, 0.25) is 0 Å². The second-order valence-electron chi connectivity index (χ2n) is 6.45. The molecule has 2 heteroatoms. The average Bonchev–Trinajstić information content (AvgIpc) is 3.07. The van der Waals surface area contributed by atoms with Crippen molar-refractivity contribution >= 4 is 11.5 Å². The van der Waals surface area contributed by atoms with E-state index in [9.17, 15) is 4.79 Å². The fourth-order valence-corrected chi connectivity index (χ4v) is 3.72. The lowest BCUT2D eigenvalue weighted by molar-refractivity contribution is 0.0949. The average molecular weight is 337 g/mol. The molecule has 126 valence electrons. The van der Waals surface area contributed by atoms with E-state index in [1.54, 1.807) is 0 Å². The summed E-state index contributed by atoms with van der Waals surface area (Å²) in [6.07, 6.45) is 0. The summed E-state index contributed by atoms with van der Waals surface area (Å²) >= 11 is 0. The fourth-order valence-electron chi connectivity index (χ4n) is 3.72. The molecule has 1 atom stereocenters. The number of ketones is 1. The molecule has 26 heavy (non-hydrogen) atoms. The van der Waals surface area contributed by atoms with E-state index in [-0.39, 0.29) is 5.78 Å². The predicted molar refractivity (Wildman–Crippen MR) is 106 cm³/mol. The zero-order valence-corrected chi connectivity index (χ0v) is 14.4. The van der Waals surface area contributed by atoms with Crippen LogP contribution in [0.4, 0.5) is 0 Å². The standard InChI is InChI=1S/C24H19NO/c1-18-17-25-22(19-11-5-2-6-12-19)24(18,21-15-9-4-10-16-21)23(26)20-13-7-3-8-14-20/h2-16H,1,17H2/t24-/m0/s1. The quantitative estimate of drug-likeness (QED) is 0.493. The van der Waals surface area contributed by atoms with Crippen molar-refractivity contribution in [2.45, 2.75) is 5.41 Å². The smallest absolute Gasteiger partial charge is 0.183 e. The van der Waals surface area contributed by atoms with Crippen LogP contribution >= 0.6 is 0 Å². The summed E-state index contributed by atoms with van der Waals surface area (Å²) in [6.45, 7) is 4.73. The molecule has 1 heterocycles. The summed E-state index contributed by atoms with van der Waals surface area (Å²) in [7, 11) is 0. The summed E-state index contributed by atoms with van der Waals surface area (Å²) in [4.78, 5) is 18.6. The Balaban J connectivity index is 1.98. The van der Waals surface area contributed by atoms with Crippen molar-refractivity contribution in [1.82, 2.24) is 0 Å². The van der Waals surface area contributed by atoms with Gasteiger partial charge in [0.25, 0.3) is 0 Å². The molecule has 0 spiro atoms. The normalized spacial score (nSPS) is 19.2. The first-order valence-electron chi connectivity index (χ1n) is 8.68. The van der Waals surface area contributed by atoms with Gasteiger partial charge in [-0.25, -0.2) is 0 Å². The maximum absolute atomic E-state index is 13.8. The Kier molecular flexibility index (Phi) is 4.10. The third kappa shape index (κ3) is 2.42. The number of Topliss-reactive ketones (excluding diaryl/α,β-unsaturated/α-hetero) is 1. The van der Waals surface area contributed by atoms with Gasteiger partial charge in [0.2, 0.25) is 0 Å². The van der Waals surface area contributed by atoms with Crippen LogP contribution in [0.25, 0.3) is 0 Å². The van der Waals surface area contributed by atoms with Crippen LogP contribution in [0.3, 0.4) is 0 Å². The molecule has 0 radical (unpaired) electrons. The van der Waals surface area contributed by atoms with Gasteiger partial charge in [0.05, 0.1) is 12.3 Å². The van der Waals surface area contributed by atoms with E-state index in [0.717, 1.165) is 22.4 Å². The van der Waals surface area contributed by atoms with Gasteiger partial charge in [0.15, 0.2) is 5.78 Å². The summed E-state index contributed by atoms with van der Waals surface area (Å²) < 4.78 is 0. The van der Waals surface area contributed by atoms with Crippen LogP contribution in [0.5, 0.6) is 0 Å². The van der Waals surface area contributed by atoms with E-state index < -0.39 is 5.41 Å². The monoisotopic (exact) mass is 337 g/mol. The maximum Gasteiger partial charge on any atom is 0.183 e. The van der Waals surface area contributed by atoms with Gasteiger partial charge in [-0.1, -0.05) is 97.6 Å². The molecule has 1 aliphatic heterocycles. The van der Waals surface area contributed by atoms with Crippen LogP contribution in [-0.2, 0) is 5.41 Å². The second kappa shape index (κ2) is 6.57. The number of carbonyl (C=O) groups is 1. The number of hydrogen-bond acceptors (Lipinski definition) is 2. The Morgan fingerprint density at radius 3 is 1.96 bits per heavy atom. The van der Waals surface area contributed by atoms with Crippen molar-refractivity contribution in [2.24, 2.45) is 4.99 Å². The molecule has 0 saturated heterocycles. The number of benzene rings is 3. The second-order valence-corrected chi connectivity index (χ2v) is 6.45. The van der Waals surface area contributed by atoms with Crippen molar-refractivity contribution < 1.29 is 4.79 Å². The van der Waals surface area contributed by atoms with Gasteiger partial charge in [-0.05, 0) is 16.7 Å². The minimum absolute atomic E-state index is 0.0226. The first kappa shape index (κ1) is 16.2. The van der Waals surface area contributed by atoms with Crippen molar-refractivity contribution in [2.75, 3.05) is 6.54 Å². The minimum Gasteiger partial charge on any atom is -0.292 e. The van der Waals surface area contributed by atoms with E-state index >= 15 is 0 Å². The molecular weight excluding hydrogens is 318 g/mol. The van der Waals surface area contributed by atoms with Crippen molar-refractivity contribution in [1.29, 1.82) is 0 Å². The SMILES string of the molecule is C=C1CN=C(c2ccccc2)[C@@]1(C(=O)c1ccccc1)c1ccccc1. The van der Waals surface area contributed by atoms with Crippen LogP contribution in [0.15, 0.2) is 108 Å². The number of carbonyl (C=O) groups excluding carboxylic acids is 1. The lowest BCUT2D eigenvalue weighted by atomic mass is 9.66. The first-order valence-corrected chi connectivity index (χ1v) is 8.68. The Morgan fingerprint density at radius 1 is 0.808 bits per heavy atom. The molecule has 1 aliphatic rings. The molecule has 0 unspecified atom stereocenters. The van der Waals surface area contributed by atoms with E-state index in [1.165, 1.54) is 0 Å². The Hall–Kier alpha value is -3.26. The van der Waals surface area contributed by atoms with Crippen molar-refractivity contribution in [3.05, 3.63) is 120 Å². The van der Waals surface area contributed by atoms with Gasteiger partial charge in [-0.15, -0.1) is 0 Å². The van der Waals surface area contributed by atoms with Gasteiger partial charge >= 0.3 is 0 Å². The van der Waals surface area contributed by atoms with Crippen molar-refractivity contribution in [3.8, 4) is 0 Å². The van der Waals surface area contributed by atoms with Gasteiger partial charge in [-0.2, -0.15) is 0 Å². The van der Waals surface area contributed by atoms with Gasteiger partial charge in [0, 0.05) is 5.56 Å². The zero-order chi connectivity index (χ0) is 18.0. The summed E-state index contributed by atoms with van der Waals surface area (Å²) in [5, 5.41) is 0. The molecule has 0 aromatic heterocycles. The Morgan fingerprint density at radius 2 is 1.35 bits per heavy atom. The van der Waals surface area contributed by atoms with E-state index in [1.807, 2.05) is 91.0 Å². The highest BCUT2D eigenvalue weighted by atomic mass is 16.1. The lowest BCUT2D eigenvalue weighted by Crippen LogP contribution is -2.43. The van der Waals surface area contributed by atoms with Crippen LogP contribution < -0.4 is 0 Å². The molecule has 0 saturated carbocycles. The highest BCUT2D eigenvalue weighted by molar-refractivity contribution is 6.29. The van der Waals surface area contributed by atoms with Gasteiger partial charge in [0.1, 0.15) is 5.41 Å². The molecule has 0 fully saturated rings. The minimum atomic E-state index is -0.954. The third-order valence-corrected chi connectivity index (χ3v) is 4.94. The summed E-state index contributed by atoms with van der Waals surface area (Å²) in [5.41, 5.74) is 3.19. The molecule has 0 aliphatic carbocycles. The molecular formula is C24H19NO. The molecule has 0 amide bonds. The Labute approximate surface area is 153 Å².